The lowest BCUT2D eigenvalue weighted by Crippen LogP contribution is -2.45. The number of benzene rings is 1. The normalized spacial score (nSPS) is 20.4. The number of nitrogens with one attached hydrogen (secondary N) is 1. The van der Waals surface area contributed by atoms with Crippen LogP contribution < -0.4 is 5.32 Å². The smallest absolute Gasteiger partial charge is 0.244 e. The zero-order chi connectivity index (χ0) is 17.6. The van der Waals surface area contributed by atoms with Crippen LogP contribution in [0, 0.1) is 12.8 Å². The number of likely N-dealkylation sites (tertiary alicyclic amines) is 1. The van der Waals surface area contributed by atoms with Crippen molar-refractivity contribution in [1.29, 1.82) is 0 Å². The Morgan fingerprint density at radius 1 is 1.24 bits per heavy atom. The number of hydrogen-bond donors (Lipinski definition) is 1. The van der Waals surface area contributed by atoms with E-state index in [0.717, 1.165) is 48.0 Å². The second-order valence-corrected chi connectivity index (χ2v) is 7.98. The molecule has 0 spiro atoms. The lowest BCUT2D eigenvalue weighted by Gasteiger charge is -2.33. The van der Waals surface area contributed by atoms with E-state index in [2.05, 4.69) is 10.2 Å². The first kappa shape index (κ1) is 18.5. The average molecular weight is 361 g/mol. The summed E-state index contributed by atoms with van der Waals surface area (Å²) in [4.78, 5) is 14.7. The Balaban J connectivity index is 1.41. The molecule has 0 unspecified atom stereocenters. The van der Waals surface area contributed by atoms with E-state index in [-0.39, 0.29) is 5.91 Å². The second-order valence-electron chi connectivity index (χ2n) is 7.58. The van der Waals surface area contributed by atoms with E-state index >= 15 is 0 Å². The molecule has 1 amide bonds. The summed E-state index contributed by atoms with van der Waals surface area (Å²) in [7, 11) is 0. The molecule has 2 fully saturated rings. The van der Waals surface area contributed by atoms with Crippen molar-refractivity contribution in [2.24, 2.45) is 5.92 Å². The predicted molar refractivity (Wildman–Crippen MR) is 105 cm³/mol. The van der Waals surface area contributed by atoms with Gasteiger partial charge in [0, 0.05) is 36.8 Å². The molecular formula is C21H29ClN2O. The van der Waals surface area contributed by atoms with E-state index in [9.17, 15) is 4.79 Å². The van der Waals surface area contributed by atoms with E-state index in [1.54, 1.807) is 6.08 Å². The number of carbonyl (C=O) groups is 1. The molecular weight excluding hydrogens is 332 g/mol. The number of carbonyl (C=O) groups excluding carboxylic acids is 1. The first-order valence-corrected chi connectivity index (χ1v) is 9.95. The lowest BCUT2D eigenvalue weighted by atomic mass is 10.0. The second kappa shape index (κ2) is 8.86. The fraction of sp³-hybridized carbons (Fsp3) is 0.571. The summed E-state index contributed by atoms with van der Waals surface area (Å²) in [5.41, 5.74) is 2.00. The van der Waals surface area contributed by atoms with Crippen molar-refractivity contribution in [1.82, 2.24) is 10.2 Å². The Hall–Kier alpha value is -1.32. The molecule has 136 valence electrons. The van der Waals surface area contributed by atoms with Gasteiger partial charge in [-0.3, -0.25) is 4.79 Å². The molecule has 1 aliphatic heterocycles. The van der Waals surface area contributed by atoms with Crippen molar-refractivity contribution in [2.45, 2.75) is 51.5 Å². The van der Waals surface area contributed by atoms with Crippen LogP contribution in [0.15, 0.2) is 24.3 Å². The highest BCUT2D eigenvalue weighted by atomic mass is 35.5. The monoisotopic (exact) mass is 360 g/mol. The van der Waals surface area contributed by atoms with Gasteiger partial charge < -0.3 is 10.2 Å². The number of amides is 1. The molecule has 0 bridgehead atoms. The summed E-state index contributed by atoms with van der Waals surface area (Å²) < 4.78 is 0. The van der Waals surface area contributed by atoms with Crippen molar-refractivity contribution >= 4 is 23.6 Å². The highest BCUT2D eigenvalue weighted by Gasteiger charge is 2.23. The van der Waals surface area contributed by atoms with Crippen molar-refractivity contribution < 1.29 is 4.79 Å². The number of halogens is 1. The van der Waals surface area contributed by atoms with Crippen molar-refractivity contribution in [2.75, 3.05) is 19.6 Å². The zero-order valence-electron chi connectivity index (χ0n) is 15.1. The third-order valence-corrected chi connectivity index (χ3v) is 5.96. The summed E-state index contributed by atoms with van der Waals surface area (Å²) in [6, 6.07) is 6.15. The molecule has 1 saturated heterocycles. The standard InChI is InChI=1S/C21H29ClN2O/c1-16-6-7-17(14-20(16)22)8-9-21(25)23-19-10-12-24(13-11-19)15-18-4-2-3-5-18/h6-9,14,18-19H,2-5,10-13,15H2,1H3,(H,23,25)/b9-8-. The van der Waals surface area contributed by atoms with E-state index in [4.69, 9.17) is 11.6 Å². The molecule has 25 heavy (non-hydrogen) atoms. The SMILES string of the molecule is Cc1ccc(/C=C\C(=O)NC2CCN(CC3CCCC3)CC2)cc1Cl. The minimum absolute atomic E-state index is 0.00839. The summed E-state index contributed by atoms with van der Waals surface area (Å²) >= 11 is 6.12. The summed E-state index contributed by atoms with van der Waals surface area (Å²) in [5, 5.41) is 3.88. The number of hydrogen-bond acceptors (Lipinski definition) is 2. The largest absolute Gasteiger partial charge is 0.350 e. The maximum atomic E-state index is 12.2. The topological polar surface area (TPSA) is 32.3 Å². The van der Waals surface area contributed by atoms with Gasteiger partial charge in [-0.15, -0.1) is 0 Å². The first-order valence-electron chi connectivity index (χ1n) is 9.57. The van der Waals surface area contributed by atoms with E-state index in [1.807, 2.05) is 31.2 Å². The maximum Gasteiger partial charge on any atom is 0.244 e. The van der Waals surface area contributed by atoms with E-state index < -0.39 is 0 Å². The van der Waals surface area contributed by atoms with Gasteiger partial charge in [-0.1, -0.05) is 36.6 Å². The maximum absolute atomic E-state index is 12.2. The third-order valence-electron chi connectivity index (χ3n) is 5.55. The molecule has 3 rings (SSSR count). The van der Waals surface area contributed by atoms with Gasteiger partial charge in [-0.05, 0) is 61.8 Å². The number of piperidine rings is 1. The molecule has 3 nitrogen and oxygen atoms in total. The molecule has 4 heteroatoms. The molecule has 1 aromatic rings. The quantitative estimate of drug-likeness (QED) is 0.787. The van der Waals surface area contributed by atoms with Gasteiger partial charge in [-0.2, -0.15) is 0 Å². The van der Waals surface area contributed by atoms with Crippen molar-refractivity contribution in [3.8, 4) is 0 Å². The molecule has 1 N–H and O–H groups in total. The van der Waals surface area contributed by atoms with Crippen LogP contribution in [0.25, 0.3) is 6.08 Å². The fourth-order valence-corrected chi connectivity index (χ4v) is 4.14. The average Bonchev–Trinajstić information content (AvgIpc) is 3.11. The van der Waals surface area contributed by atoms with Crippen LogP contribution in [0.2, 0.25) is 5.02 Å². The van der Waals surface area contributed by atoms with Gasteiger partial charge in [0.05, 0.1) is 0 Å². The van der Waals surface area contributed by atoms with Crippen molar-refractivity contribution in [3.05, 3.63) is 40.4 Å². The van der Waals surface area contributed by atoms with Crippen LogP contribution in [0.4, 0.5) is 0 Å². The highest BCUT2D eigenvalue weighted by Crippen LogP contribution is 2.26. The number of aryl methyl sites for hydroxylation is 1. The van der Waals surface area contributed by atoms with Gasteiger partial charge >= 0.3 is 0 Å². The molecule has 1 heterocycles. The molecule has 1 saturated carbocycles. The minimum atomic E-state index is -0.00839. The minimum Gasteiger partial charge on any atom is -0.350 e. The van der Waals surface area contributed by atoms with Gasteiger partial charge in [0.25, 0.3) is 0 Å². The number of rotatable bonds is 5. The highest BCUT2D eigenvalue weighted by molar-refractivity contribution is 6.31. The molecule has 2 aliphatic rings. The molecule has 1 aliphatic carbocycles. The van der Waals surface area contributed by atoms with Crippen LogP contribution in [-0.2, 0) is 4.79 Å². The molecule has 1 aromatic carbocycles. The fourth-order valence-electron chi connectivity index (χ4n) is 3.95. The van der Waals surface area contributed by atoms with Crippen LogP contribution in [0.5, 0.6) is 0 Å². The van der Waals surface area contributed by atoms with Crippen LogP contribution in [-0.4, -0.2) is 36.5 Å². The Labute approximate surface area is 156 Å². The van der Waals surface area contributed by atoms with E-state index in [1.165, 1.54) is 32.2 Å². The first-order chi connectivity index (χ1) is 12.1. The van der Waals surface area contributed by atoms with Crippen molar-refractivity contribution in [3.63, 3.8) is 0 Å². The van der Waals surface area contributed by atoms with Gasteiger partial charge in [0.2, 0.25) is 5.91 Å². The zero-order valence-corrected chi connectivity index (χ0v) is 15.9. The van der Waals surface area contributed by atoms with Crippen LogP contribution >= 0.6 is 11.6 Å². The van der Waals surface area contributed by atoms with Gasteiger partial charge in [-0.25, -0.2) is 0 Å². The Bertz CT molecular complexity index is 614. The summed E-state index contributed by atoms with van der Waals surface area (Å²) in [6.07, 6.45) is 11.2. The molecule has 0 atom stereocenters. The Morgan fingerprint density at radius 3 is 2.64 bits per heavy atom. The predicted octanol–water partition coefficient (Wildman–Crippen LogP) is 4.43. The molecule has 0 aromatic heterocycles. The molecule has 0 radical (unpaired) electrons. The lowest BCUT2D eigenvalue weighted by molar-refractivity contribution is -0.117. The Morgan fingerprint density at radius 2 is 1.96 bits per heavy atom. The van der Waals surface area contributed by atoms with Crippen LogP contribution in [0.1, 0.15) is 49.7 Å². The summed E-state index contributed by atoms with van der Waals surface area (Å²) in [5.74, 6) is 0.904. The van der Waals surface area contributed by atoms with Crippen LogP contribution in [0.3, 0.4) is 0 Å². The van der Waals surface area contributed by atoms with E-state index in [0.29, 0.717) is 6.04 Å². The van der Waals surface area contributed by atoms with Gasteiger partial charge in [0.15, 0.2) is 0 Å². The number of nitrogens with zero attached hydrogens (tertiary/aromatic N) is 1. The third kappa shape index (κ3) is 5.58. The van der Waals surface area contributed by atoms with Gasteiger partial charge in [0.1, 0.15) is 0 Å². The summed E-state index contributed by atoms with van der Waals surface area (Å²) in [6.45, 7) is 5.45. The Kier molecular flexibility index (Phi) is 6.55.